The van der Waals surface area contributed by atoms with E-state index in [2.05, 4.69) is 10.3 Å². The summed E-state index contributed by atoms with van der Waals surface area (Å²) in [6, 6.07) is 9.06. The summed E-state index contributed by atoms with van der Waals surface area (Å²) in [6.07, 6.45) is 2.43. The SMILES string of the molecule is CC(C)Oc1ncccc1CNC(=O)[C@]12CCC(=O)N1c1cc(Cl)ccc1S2. The van der Waals surface area contributed by atoms with Crippen molar-refractivity contribution in [2.75, 3.05) is 4.90 Å². The molecule has 6 nitrogen and oxygen atoms in total. The summed E-state index contributed by atoms with van der Waals surface area (Å²) in [5, 5.41) is 3.52. The van der Waals surface area contributed by atoms with Gasteiger partial charge in [0.05, 0.1) is 11.8 Å². The molecule has 1 fully saturated rings. The van der Waals surface area contributed by atoms with E-state index >= 15 is 0 Å². The van der Waals surface area contributed by atoms with Crippen LogP contribution in [-0.4, -0.2) is 27.8 Å². The van der Waals surface area contributed by atoms with Crippen LogP contribution in [0.15, 0.2) is 41.4 Å². The molecule has 0 radical (unpaired) electrons. The minimum atomic E-state index is -0.967. The van der Waals surface area contributed by atoms with E-state index in [-0.39, 0.29) is 24.5 Å². The molecule has 28 heavy (non-hydrogen) atoms. The second kappa shape index (κ2) is 7.29. The number of aromatic nitrogens is 1. The molecule has 0 unspecified atom stereocenters. The number of halogens is 1. The molecule has 1 saturated heterocycles. The number of carbonyl (C=O) groups is 2. The normalized spacial score (nSPS) is 20.3. The van der Waals surface area contributed by atoms with Crippen molar-refractivity contribution in [3.05, 3.63) is 47.1 Å². The molecule has 2 amide bonds. The fourth-order valence-electron chi connectivity index (χ4n) is 3.52. The highest BCUT2D eigenvalue weighted by atomic mass is 35.5. The number of carbonyl (C=O) groups excluding carboxylic acids is 2. The van der Waals surface area contributed by atoms with Crippen LogP contribution in [0.5, 0.6) is 5.88 Å². The number of hydrogen-bond acceptors (Lipinski definition) is 5. The average molecular weight is 418 g/mol. The maximum Gasteiger partial charge on any atom is 0.257 e. The minimum absolute atomic E-state index is 0.0180. The van der Waals surface area contributed by atoms with Crippen LogP contribution in [-0.2, 0) is 16.1 Å². The van der Waals surface area contributed by atoms with E-state index in [0.717, 1.165) is 10.5 Å². The number of nitrogens with zero attached hydrogens (tertiary/aromatic N) is 2. The second-order valence-corrected chi connectivity index (χ2v) is 8.80. The van der Waals surface area contributed by atoms with E-state index < -0.39 is 4.87 Å². The highest BCUT2D eigenvalue weighted by Crippen LogP contribution is 2.56. The quantitative estimate of drug-likeness (QED) is 0.801. The molecule has 0 aliphatic carbocycles. The number of thioether (sulfide) groups is 1. The lowest BCUT2D eigenvalue weighted by Gasteiger charge is -2.29. The van der Waals surface area contributed by atoms with Crippen LogP contribution < -0.4 is 15.0 Å². The van der Waals surface area contributed by atoms with E-state index in [9.17, 15) is 9.59 Å². The molecular weight excluding hydrogens is 398 g/mol. The van der Waals surface area contributed by atoms with Crippen molar-refractivity contribution in [3.63, 3.8) is 0 Å². The number of rotatable bonds is 5. The van der Waals surface area contributed by atoms with Gasteiger partial charge in [-0.25, -0.2) is 4.98 Å². The van der Waals surface area contributed by atoms with Crippen LogP contribution in [0.25, 0.3) is 0 Å². The molecule has 2 aromatic rings. The largest absolute Gasteiger partial charge is 0.475 e. The van der Waals surface area contributed by atoms with Crippen molar-refractivity contribution in [3.8, 4) is 5.88 Å². The zero-order chi connectivity index (χ0) is 19.9. The number of anilines is 1. The number of hydrogen-bond donors (Lipinski definition) is 1. The smallest absolute Gasteiger partial charge is 0.257 e. The molecule has 1 N–H and O–H groups in total. The van der Waals surface area contributed by atoms with E-state index in [0.29, 0.717) is 29.4 Å². The van der Waals surface area contributed by atoms with Crippen LogP contribution in [0.3, 0.4) is 0 Å². The predicted octanol–water partition coefficient (Wildman–Crippen LogP) is 3.77. The van der Waals surface area contributed by atoms with Crippen LogP contribution >= 0.6 is 23.4 Å². The molecular formula is C20H20ClN3O3S. The van der Waals surface area contributed by atoms with Gasteiger partial charge in [0.1, 0.15) is 0 Å². The zero-order valence-corrected chi connectivity index (χ0v) is 17.1. The molecule has 2 aliphatic heterocycles. The highest BCUT2D eigenvalue weighted by Gasteiger charge is 2.57. The van der Waals surface area contributed by atoms with Gasteiger partial charge in [0.15, 0.2) is 4.87 Å². The molecule has 1 aromatic carbocycles. The summed E-state index contributed by atoms with van der Waals surface area (Å²) in [7, 11) is 0. The number of benzene rings is 1. The Morgan fingerprint density at radius 3 is 3.04 bits per heavy atom. The van der Waals surface area contributed by atoms with Gasteiger partial charge < -0.3 is 10.1 Å². The molecule has 3 heterocycles. The van der Waals surface area contributed by atoms with Gasteiger partial charge >= 0.3 is 0 Å². The Morgan fingerprint density at radius 1 is 1.43 bits per heavy atom. The van der Waals surface area contributed by atoms with Gasteiger partial charge in [-0.1, -0.05) is 29.4 Å². The minimum Gasteiger partial charge on any atom is -0.475 e. The Kier molecular flexibility index (Phi) is 4.97. The zero-order valence-electron chi connectivity index (χ0n) is 15.6. The lowest BCUT2D eigenvalue weighted by molar-refractivity contribution is -0.125. The molecule has 1 atom stereocenters. The summed E-state index contributed by atoms with van der Waals surface area (Å²) < 4.78 is 5.72. The van der Waals surface area contributed by atoms with E-state index in [4.69, 9.17) is 16.3 Å². The van der Waals surface area contributed by atoms with Gasteiger partial charge in [0.25, 0.3) is 5.91 Å². The Balaban J connectivity index is 1.57. The van der Waals surface area contributed by atoms with Crippen LogP contribution in [0.2, 0.25) is 5.02 Å². The number of ether oxygens (including phenoxy) is 1. The van der Waals surface area contributed by atoms with Crippen LogP contribution in [0.4, 0.5) is 5.69 Å². The second-order valence-electron chi connectivity index (χ2n) is 7.04. The van der Waals surface area contributed by atoms with Gasteiger partial charge in [0, 0.05) is 34.6 Å². The van der Waals surface area contributed by atoms with Gasteiger partial charge in [-0.05, 0) is 44.5 Å². The standard InChI is InChI=1S/C20H20ClN3O3S/c1-12(2)27-18-13(4-3-9-22-18)11-23-19(26)20-8-7-17(25)24(20)15-10-14(21)5-6-16(15)28-20/h3-6,9-10,12H,7-8,11H2,1-2H3,(H,23,26)/t20-/m1/s1. The van der Waals surface area contributed by atoms with Crippen molar-refractivity contribution in [2.24, 2.45) is 0 Å². The number of fused-ring (bicyclic) bond motifs is 3. The van der Waals surface area contributed by atoms with Gasteiger partial charge in [-0.15, -0.1) is 0 Å². The molecule has 146 valence electrons. The summed E-state index contributed by atoms with van der Waals surface area (Å²) in [5.41, 5.74) is 1.50. The molecule has 1 aromatic heterocycles. The monoisotopic (exact) mass is 417 g/mol. The maximum absolute atomic E-state index is 13.2. The van der Waals surface area contributed by atoms with E-state index in [1.165, 1.54) is 11.8 Å². The average Bonchev–Trinajstić information content (AvgIpc) is 3.16. The maximum atomic E-state index is 13.2. The third-order valence-electron chi connectivity index (χ3n) is 4.72. The fourth-order valence-corrected chi connectivity index (χ4v) is 5.11. The Hall–Kier alpha value is -2.25. The first-order valence-electron chi connectivity index (χ1n) is 9.11. The predicted molar refractivity (Wildman–Crippen MR) is 109 cm³/mol. The Morgan fingerprint density at radius 2 is 2.25 bits per heavy atom. The van der Waals surface area contributed by atoms with Gasteiger partial charge in [0.2, 0.25) is 11.8 Å². The van der Waals surface area contributed by atoms with Crippen molar-refractivity contribution in [2.45, 2.75) is 49.1 Å². The molecule has 0 saturated carbocycles. The lowest BCUT2D eigenvalue weighted by atomic mass is 10.1. The van der Waals surface area contributed by atoms with Crippen LogP contribution in [0.1, 0.15) is 32.3 Å². The third kappa shape index (κ3) is 3.22. The topological polar surface area (TPSA) is 71.5 Å². The van der Waals surface area contributed by atoms with Gasteiger partial charge in [-0.2, -0.15) is 0 Å². The summed E-state index contributed by atoms with van der Waals surface area (Å²) in [4.78, 5) is 31.6. The molecule has 0 bridgehead atoms. The molecule has 8 heteroatoms. The van der Waals surface area contributed by atoms with E-state index in [1.54, 1.807) is 29.3 Å². The first-order chi connectivity index (χ1) is 13.4. The first kappa shape index (κ1) is 19.1. The highest BCUT2D eigenvalue weighted by molar-refractivity contribution is 8.02. The summed E-state index contributed by atoms with van der Waals surface area (Å²) >= 11 is 7.53. The Labute approximate surface area is 172 Å². The summed E-state index contributed by atoms with van der Waals surface area (Å²) in [5.74, 6) is 0.243. The fraction of sp³-hybridized carbons (Fsp3) is 0.350. The van der Waals surface area contributed by atoms with E-state index in [1.807, 2.05) is 26.0 Å². The lowest BCUT2D eigenvalue weighted by Crippen LogP contribution is -2.52. The van der Waals surface area contributed by atoms with Crippen molar-refractivity contribution >= 4 is 40.9 Å². The number of amides is 2. The number of pyridine rings is 1. The number of nitrogens with one attached hydrogen (secondary N) is 1. The van der Waals surface area contributed by atoms with Gasteiger partial charge in [-0.3, -0.25) is 14.5 Å². The van der Waals surface area contributed by atoms with Crippen LogP contribution in [0, 0.1) is 0 Å². The Bertz CT molecular complexity index is 952. The molecule has 4 rings (SSSR count). The van der Waals surface area contributed by atoms with Crippen molar-refractivity contribution in [1.29, 1.82) is 0 Å². The summed E-state index contributed by atoms with van der Waals surface area (Å²) in [6.45, 7) is 4.13. The van der Waals surface area contributed by atoms with Crippen molar-refractivity contribution < 1.29 is 14.3 Å². The first-order valence-corrected chi connectivity index (χ1v) is 10.3. The molecule has 0 spiro atoms. The third-order valence-corrected chi connectivity index (χ3v) is 6.43. The molecule has 2 aliphatic rings. The van der Waals surface area contributed by atoms with Crippen molar-refractivity contribution in [1.82, 2.24) is 10.3 Å².